The van der Waals surface area contributed by atoms with Crippen LogP contribution in [0.1, 0.15) is 45.2 Å². The van der Waals surface area contributed by atoms with E-state index in [1.807, 2.05) is 0 Å². The maximum absolute atomic E-state index is 4.87. The van der Waals surface area contributed by atoms with Gasteiger partial charge in [-0.1, -0.05) is 31.5 Å². The Morgan fingerprint density at radius 2 is 2.10 bits per heavy atom. The van der Waals surface area contributed by atoms with Crippen molar-refractivity contribution in [1.29, 1.82) is 0 Å². The van der Waals surface area contributed by atoms with E-state index in [2.05, 4.69) is 48.1 Å². The highest BCUT2D eigenvalue weighted by atomic mass is 15.3. The van der Waals surface area contributed by atoms with Crippen molar-refractivity contribution in [2.45, 2.75) is 58.5 Å². The fourth-order valence-electron chi connectivity index (χ4n) is 3.81. The molecule has 2 aromatic rings. The van der Waals surface area contributed by atoms with Crippen LogP contribution < -0.4 is 5.32 Å². The number of aryl methyl sites for hydroxylation is 1. The smallest absolute Gasteiger partial charge is 0.0706 e. The quantitative estimate of drug-likeness (QED) is 0.906. The van der Waals surface area contributed by atoms with Gasteiger partial charge in [-0.25, -0.2) is 0 Å². The molecule has 3 heteroatoms. The van der Waals surface area contributed by atoms with Crippen molar-refractivity contribution in [3.05, 3.63) is 30.0 Å². The number of para-hydroxylation sites is 1. The van der Waals surface area contributed by atoms with Crippen LogP contribution in [0.15, 0.2) is 24.3 Å². The van der Waals surface area contributed by atoms with Crippen LogP contribution in [0, 0.1) is 5.92 Å². The maximum atomic E-state index is 4.87. The van der Waals surface area contributed by atoms with E-state index in [-0.39, 0.29) is 0 Å². The van der Waals surface area contributed by atoms with E-state index in [1.165, 1.54) is 42.3 Å². The molecule has 3 nitrogen and oxygen atoms in total. The van der Waals surface area contributed by atoms with Crippen LogP contribution in [0.4, 0.5) is 0 Å². The second-order valence-electron chi connectivity index (χ2n) is 6.27. The summed E-state index contributed by atoms with van der Waals surface area (Å²) in [7, 11) is 0. The Bertz CT molecular complexity index is 585. The van der Waals surface area contributed by atoms with Crippen LogP contribution in [0.2, 0.25) is 0 Å². The highest BCUT2D eigenvalue weighted by Crippen LogP contribution is 2.29. The summed E-state index contributed by atoms with van der Waals surface area (Å²) in [5.41, 5.74) is 2.59. The van der Waals surface area contributed by atoms with Gasteiger partial charge in [0.1, 0.15) is 0 Å². The average molecular weight is 285 g/mol. The van der Waals surface area contributed by atoms with E-state index in [9.17, 15) is 0 Å². The first kappa shape index (κ1) is 14.6. The Balaban J connectivity index is 1.78. The number of hydrogen-bond acceptors (Lipinski definition) is 2. The molecule has 3 rings (SSSR count). The number of aromatic nitrogens is 2. The third kappa shape index (κ3) is 3.13. The van der Waals surface area contributed by atoms with Crippen molar-refractivity contribution < 1.29 is 0 Å². The lowest BCUT2D eigenvalue weighted by atomic mass is 9.82. The summed E-state index contributed by atoms with van der Waals surface area (Å²) in [5.74, 6) is 0.784. The minimum atomic E-state index is 0.716. The first-order valence-electron chi connectivity index (χ1n) is 8.49. The molecule has 0 aliphatic heterocycles. The summed E-state index contributed by atoms with van der Waals surface area (Å²) < 4.78 is 2.15. The summed E-state index contributed by atoms with van der Waals surface area (Å²) in [6.07, 6.45) is 6.50. The number of hydrogen-bond donors (Lipinski definition) is 1. The molecule has 2 atom stereocenters. The van der Waals surface area contributed by atoms with Gasteiger partial charge in [0.15, 0.2) is 0 Å². The van der Waals surface area contributed by atoms with Crippen LogP contribution in [-0.2, 0) is 13.0 Å². The van der Waals surface area contributed by atoms with Gasteiger partial charge >= 0.3 is 0 Å². The first-order valence-corrected chi connectivity index (χ1v) is 8.49. The fourth-order valence-corrected chi connectivity index (χ4v) is 3.81. The highest BCUT2D eigenvalue weighted by molar-refractivity contribution is 5.81. The van der Waals surface area contributed by atoms with Crippen molar-refractivity contribution in [3.63, 3.8) is 0 Å². The lowest BCUT2D eigenvalue weighted by Gasteiger charge is -2.29. The van der Waals surface area contributed by atoms with E-state index in [0.29, 0.717) is 6.04 Å². The van der Waals surface area contributed by atoms with E-state index in [4.69, 9.17) is 5.10 Å². The zero-order valence-electron chi connectivity index (χ0n) is 13.3. The minimum absolute atomic E-state index is 0.716. The molecular weight excluding hydrogens is 258 g/mol. The SMILES string of the molecule is CCNC1CCCC(Cc2nn(CC)c3ccccc23)C1. The van der Waals surface area contributed by atoms with Crippen LogP contribution in [0.5, 0.6) is 0 Å². The van der Waals surface area contributed by atoms with Gasteiger partial charge in [-0.15, -0.1) is 0 Å². The van der Waals surface area contributed by atoms with Crippen LogP contribution in [-0.4, -0.2) is 22.4 Å². The second-order valence-corrected chi connectivity index (χ2v) is 6.27. The molecule has 1 saturated carbocycles. The Kier molecular flexibility index (Phi) is 4.59. The normalized spacial score (nSPS) is 22.8. The minimum Gasteiger partial charge on any atom is -0.314 e. The largest absolute Gasteiger partial charge is 0.314 e. The zero-order chi connectivity index (χ0) is 14.7. The monoisotopic (exact) mass is 285 g/mol. The predicted octanol–water partition coefficient (Wildman–Crippen LogP) is 3.77. The molecule has 1 aromatic heterocycles. The summed E-state index contributed by atoms with van der Waals surface area (Å²) in [4.78, 5) is 0. The third-order valence-electron chi connectivity index (χ3n) is 4.79. The number of rotatable bonds is 5. The Morgan fingerprint density at radius 3 is 2.90 bits per heavy atom. The molecule has 1 aliphatic rings. The van der Waals surface area contributed by atoms with Crippen LogP contribution in [0.3, 0.4) is 0 Å². The van der Waals surface area contributed by atoms with E-state index in [1.54, 1.807) is 0 Å². The highest BCUT2D eigenvalue weighted by Gasteiger charge is 2.23. The van der Waals surface area contributed by atoms with E-state index in [0.717, 1.165) is 25.4 Å². The van der Waals surface area contributed by atoms with Crippen molar-refractivity contribution >= 4 is 10.9 Å². The van der Waals surface area contributed by atoms with Gasteiger partial charge in [0.2, 0.25) is 0 Å². The molecule has 114 valence electrons. The molecule has 0 amide bonds. The van der Waals surface area contributed by atoms with E-state index < -0.39 is 0 Å². The molecule has 1 aromatic carbocycles. The third-order valence-corrected chi connectivity index (χ3v) is 4.79. The molecule has 1 N–H and O–H groups in total. The lowest BCUT2D eigenvalue weighted by Crippen LogP contribution is -2.34. The zero-order valence-corrected chi connectivity index (χ0v) is 13.3. The topological polar surface area (TPSA) is 29.9 Å². The van der Waals surface area contributed by atoms with Gasteiger partial charge in [0.25, 0.3) is 0 Å². The summed E-state index contributed by atoms with van der Waals surface area (Å²) in [5, 5.41) is 9.85. The number of nitrogens with zero attached hydrogens (tertiary/aromatic N) is 2. The van der Waals surface area contributed by atoms with E-state index >= 15 is 0 Å². The molecule has 1 aliphatic carbocycles. The molecule has 21 heavy (non-hydrogen) atoms. The van der Waals surface area contributed by atoms with Gasteiger partial charge in [-0.2, -0.15) is 5.10 Å². The molecule has 0 bridgehead atoms. The maximum Gasteiger partial charge on any atom is 0.0706 e. The predicted molar refractivity (Wildman–Crippen MR) is 88.5 cm³/mol. The first-order chi connectivity index (χ1) is 10.3. The fraction of sp³-hybridized carbons (Fsp3) is 0.611. The average Bonchev–Trinajstić information content (AvgIpc) is 2.86. The lowest BCUT2D eigenvalue weighted by molar-refractivity contribution is 0.285. The Labute approximate surface area is 127 Å². The summed E-state index contributed by atoms with van der Waals surface area (Å²) in [6, 6.07) is 9.39. The van der Waals surface area contributed by atoms with Gasteiger partial charge in [0.05, 0.1) is 11.2 Å². The molecule has 1 fully saturated rings. The van der Waals surface area contributed by atoms with Gasteiger partial charge in [0, 0.05) is 18.0 Å². The standard InChI is InChI=1S/C18H27N3/c1-3-19-15-9-7-8-14(12-15)13-17-16-10-5-6-11-18(16)21(4-2)20-17/h5-6,10-11,14-15,19H,3-4,7-9,12-13H2,1-2H3. The molecular formula is C18H27N3. The van der Waals surface area contributed by atoms with Gasteiger partial charge < -0.3 is 5.32 Å². The van der Waals surface area contributed by atoms with Crippen LogP contribution >= 0.6 is 0 Å². The number of nitrogens with one attached hydrogen (secondary N) is 1. The summed E-state index contributed by atoms with van der Waals surface area (Å²) >= 11 is 0. The van der Waals surface area contributed by atoms with Crippen LogP contribution in [0.25, 0.3) is 10.9 Å². The number of fused-ring (bicyclic) bond motifs is 1. The van der Waals surface area contributed by atoms with Crippen molar-refractivity contribution in [1.82, 2.24) is 15.1 Å². The molecule has 0 radical (unpaired) electrons. The van der Waals surface area contributed by atoms with Crippen molar-refractivity contribution in [3.8, 4) is 0 Å². The molecule has 0 spiro atoms. The Hall–Kier alpha value is -1.35. The van der Waals surface area contributed by atoms with Crippen molar-refractivity contribution in [2.24, 2.45) is 5.92 Å². The molecule has 2 unspecified atom stereocenters. The second kappa shape index (κ2) is 6.61. The van der Waals surface area contributed by atoms with Crippen molar-refractivity contribution in [2.75, 3.05) is 6.54 Å². The van der Waals surface area contributed by atoms with Gasteiger partial charge in [-0.05, 0) is 51.1 Å². The Morgan fingerprint density at radius 1 is 1.24 bits per heavy atom. The molecule has 1 heterocycles. The molecule has 0 saturated heterocycles. The summed E-state index contributed by atoms with van der Waals surface area (Å²) in [6.45, 7) is 6.42. The number of benzene rings is 1. The van der Waals surface area contributed by atoms with Gasteiger partial charge in [-0.3, -0.25) is 4.68 Å².